The van der Waals surface area contributed by atoms with Crippen molar-refractivity contribution < 1.29 is 13.9 Å². The fourth-order valence-corrected chi connectivity index (χ4v) is 2.76. The summed E-state index contributed by atoms with van der Waals surface area (Å²) < 4.78 is 25.1. The molecule has 0 atom stereocenters. The Morgan fingerprint density at radius 2 is 1.86 bits per heavy atom. The summed E-state index contributed by atoms with van der Waals surface area (Å²) in [4.78, 5) is 0. The van der Waals surface area contributed by atoms with Gasteiger partial charge in [0.15, 0.2) is 11.5 Å². The molecule has 0 radical (unpaired) electrons. The molecule has 28 heavy (non-hydrogen) atoms. The van der Waals surface area contributed by atoms with Crippen LogP contribution in [0.25, 0.3) is 0 Å². The summed E-state index contributed by atoms with van der Waals surface area (Å²) in [7, 11) is 1.54. The van der Waals surface area contributed by atoms with Crippen LogP contribution in [0.4, 0.5) is 10.1 Å². The van der Waals surface area contributed by atoms with Gasteiger partial charge >= 0.3 is 0 Å². The molecule has 3 aromatic rings. The first kappa shape index (κ1) is 20.0. The van der Waals surface area contributed by atoms with Gasteiger partial charge in [-0.3, -0.25) is 5.43 Å². The van der Waals surface area contributed by atoms with E-state index in [2.05, 4.69) is 10.5 Å². The molecule has 0 saturated heterocycles. The molecule has 0 amide bonds. The van der Waals surface area contributed by atoms with E-state index in [4.69, 9.17) is 32.7 Å². The molecule has 0 aliphatic rings. The van der Waals surface area contributed by atoms with Gasteiger partial charge < -0.3 is 9.47 Å². The van der Waals surface area contributed by atoms with Crippen LogP contribution in [0, 0.1) is 5.82 Å². The summed E-state index contributed by atoms with van der Waals surface area (Å²) in [5, 5.41) is 5.10. The fourth-order valence-electron chi connectivity index (χ4n) is 2.46. The Labute approximate surface area is 172 Å². The Balaban J connectivity index is 1.78. The fraction of sp³-hybridized carbons (Fsp3) is 0.0952. The summed E-state index contributed by atoms with van der Waals surface area (Å²) in [5.41, 5.74) is 4.68. The summed E-state index contributed by atoms with van der Waals surface area (Å²) in [6.07, 6.45) is 1.59. The molecule has 3 aromatic carbocycles. The van der Waals surface area contributed by atoms with Crippen molar-refractivity contribution in [3.05, 3.63) is 87.7 Å². The molecular formula is C21H17Cl2FN2O2. The SMILES string of the molecule is COc1cccc(C=NNc2ccc(Cl)c(Cl)c2)c1OCc1ccccc1F. The van der Waals surface area contributed by atoms with Gasteiger partial charge in [0.05, 0.1) is 29.1 Å². The average Bonchev–Trinajstić information content (AvgIpc) is 2.70. The molecule has 0 unspecified atom stereocenters. The molecule has 0 aliphatic carbocycles. The third kappa shape index (κ3) is 4.94. The molecule has 0 spiro atoms. The van der Waals surface area contributed by atoms with Crippen molar-refractivity contribution in [2.45, 2.75) is 6.61 Å². The molecule has 0 aromatic heterocycles. The van der Waals surface area contributed by atoms with Crippen molar-refractivity contribution in [1.82, 2.24) is 0 Å². The highest BCUT2D eigenvalue weighted by atomic mass is 35.5. The first-order valence-electron chi connectivity index (χ1n) is 8.36. The number of hydrazone groups is 1. The number of benzene rings is 3. The highest BCUT2D eigenvalue weighted by Crippen LogP contribution is 2.31. The van der Waals surface area contributed by atoms with E-state index in [0.717, 1.165) is 0 Å². The zero-order valence-corrected chi connectivity index (χ0v) is 16.5. The third-order valence-corrected chi connectivity index (χ3v) is 4.62. The number of anilines is 1. The van der Waals surface area contributed by atoms with Gasteiger partial charge in [-0.25, -0.2) is 4.39 Å². The third-order valence-electron chi connectivity index (χ3n) is 3.88. The lowest BCUT2D eigenvalue weighted by atomic mass is 10.2. The lowest BCUT2D eigenvalue weighted by Crippen LogP contribution is -2.03. The second kappa shape index (κ2) is 9.44. The molecule has 4 nitrogen and oxygen atoms in total. The summed E-state index contributed by atoms with van der Waals surface area (Å²) in [5.74, 6) is 0.664. The summed E-state index contributed by atoms with van der Waals surface area (Å²) in [6.45, 7) is 0.0636. The van der Waals surface area contributed by atoms with Gasteiger partial charge in [-0.1, -0.05) is 47.5 Å². The second-order valence-electron chi connectivity index (χ2n) is 5.76. The largest absolute Gasteiger partial charge is 0.493 e. The van der Waals surface area contributed by atoms with Crippen LogP contribution in [0.1, 0.15) is 11.1 Å². The number of nitrogens with zero attached hydrogens (tertiary/aromatic N) is 1. The Hall–Kier alpha value is -2.76. The molecule has 0 bridgehead atoms. The topological polar surface area (TPSA) is 42.8 Å². The molecule has 0 fully saturated rings. The number of hydrogen-bond donors (Lipinski definition) is 1. The smallest absolute Gasteiger partial charge is 0.170 e. The van der Waals surface area contributed by atoms with Crippen molar-refractivity contribution in [2.75, 3.05) is 12.5 Å². The Bertz CT molecular complexity index is 996. The number of hydrogen-bond acceptors (Lipinski definition) is 4. The Kier molecular flexibility index (Phi) is 6.74. The number of rotatable bonds is 7. The number of para-hydroxylation sites is 1. The molecule has 1 N–H and O–H groups in total. The van der Waals surface area contributed by atoms with E-state index in [-0.39, 0.29) is 12.4 Å². The van der Waals surface area contributed by atoms with Crippen LogP contribution >= 0.6 is 23.2 Å². The number of nitrogens with one attached hydrogen (secondary N) is 1. The van der Waals surface area contributed by atoms with E-state index in [1.165, 1.54) is 6.07 Å². The normalized spacial score (nSPS) is 10.9. The lowest BCUT2D eigenvalue weighted by molar-refractivity contribution is 0.279. The van der Waals surface area contributed by atoms with E-state index in [1.54, 1.807) is 55.8 Å². The van der Waals surface area contributed by atoms with Crippen LogP contribution in [0.5, 0.6) is 11.5 Å². The van der Waals surface area contributed by atoms with Crippen molar-refractivity contribution >= 4 is 35.1 Å². The van der Waals surface area contributed by atoms with Gasteiger partial charge in [-0.15, -0.1) is 0 Å². The molecule has 0 heterocycles. The van der Waals surface area contributed by atoms with Crippen LogP contribution < -0.4 is 14.9 Å². The van der Waals surface area contributed by atoms with Crippen molar-refractivity contribution in [2.24, 2.45) is 5.10 Å². The zero-order chi connectivity index (χ0) is 19.9. The van der Waals surface area contributed by atoms with Gasteiger partial charge in [-0.2, -0.15) is 5.10 Å². The van der Waals surface area contributed by atoms with E-state index in [0.29, 0.717) is 38.4 Å². The minimum atomic E-state index is -0.325. The van der Waals surface area contributed by atoms with Crippen LogP contribution in [-0.4, -0.2) is 13.3 Å². The first-order valence-corrected chi connectivity index (χ1v) is 9.11. The zero-order valence-electron chi connectivity index (χ0n) is 15.0. The minimum Gasteiger partial charge on any atom is -0.493 e. The molecular weight excluding hydrogens is 402 g/mol. The van der Waals surface area contributed by atoms with Crippen molar-refractivity contribution in [1.29, 1.82) is 0 Å². The maximum absolute atomic E-state index is 13.9. The first-order chi connectivity index (χ1) is 13.6. The van der Waals surface area contributed by atoms with Crippen LogP contribution in [-0.2, 0) is 6.61 Å². The standard InChI is InChI=1S/C21H17Cl2FN2O2/c1-27-20-8-4-6-14(12-25-26-16-9-10-17(22)18(23)11-16)21(20)28-13-15-5-2-3-7-19(15)24/h2-12,26H,13H2,1H3. The lowest BCUT2D eigenvalue weighted by Gasteiger charge is -2.13. The van der Waals surface area contributed by atoms with Crippen LogP contribution in [0.3, 0.4) is 0 Å². The molecule has 0 aliphatic heterocycles. The van der Waals surface area contributed by atoms with Gasteiger partial charge in [0.2, 0.25) is 0 Å². The second-order valence-corrected chi connectivity index (χ2v) is 6.57. The van der Waals surface area contributed by atoms with E-state index >= 15 is 0 Å². The Morgan fingerprint density at radius 3 is 2.61 bits per heavy atom. The van der Waals surface area contributed by atoms with Gasteiger partial charge in [0.1, 0.15) is 12.4 Å². The number of halogens is 3. The minimum absolute atomic E-state index is 0.0636. The Morgan fingerprint density at radius 1 is 1.04 bits per heavy atom. The monoisotopic (exact) mass is 418 g/mol. The summed E-state index contributed by atoms with van der Waals surface area (Å²) >= 11 is 11.9. The number of methoxy groups -OCH3 is 1. The summed E-state index contributed by atoms with van der Waals surface area (Å²) in [6, 6.07) is 17.0. The van der Waals surface area contributed by atoms with E-state index in [1.807, 2.05) is 12.1 Å². The molecule has 144 valence electrons. The van der Waals surface area contributed by atoms with Crippen molar-refractivity contribution in [3.63, 3.8) is 0 Å². The van der Waals surface area contributed by atoms with Gasteiger partial charge in [0, 0.05) is 11.1 Å². The predicted octanol–water partition coefficient (Wildman–Crippen LogP) is 6.17. The van der Waals surface area contributed by atoms with Gasteiger partial charge in [0.25, 0.3) is 0 Å². The van der Waals surface area contributed by atoms with E-state index in [9.17, 15) is 4.39 Å². The molecule has 3 rings (SSSR count). The highest BCUT2D eigenvalue weighted by molar-refractivity contribution is 6.42. The highest BCUT2D eigenvalue weighted by Gasteiger charge is 2.11. The maximum atomic E-state index is 13.9. The van der Waals surface area contributed by atoms with Crippen molar-refractivity contribution in [3.8, 4) is 11.5 Å². The van der Waals surface area contributed by atoms with E-state index < -0.39 is 0 Å². The number of ether oxygens (including phenoxy) is 2. The van der Waals surface area contributed by atoms with Crippen LogP contribution in [0.15, 0.2) is 65.8 Å². The maximum Gasteiger partial charge on any atom is 0.170 e. The molecule has 0 saturated carbocycles. The van der Waals surface area contributed by atoms with Gasteiger partial charge in [-0.05, 0) is 36.4 Å². The average molecular weight is 419 g/mol. The quantitative estimate of drug-likeness (QED) is 0.368. The van der Waals surface area contributed by atoms with Crippen LogP contribution in [0.2, 0.25) is 10.0 Å². The predicted molar refractivity (Wildman–Crippen MR) is 111 cm³/mol. The molecule has 7 heteroatoms.